The first kappa shape index (κ1) is 13.2. The first-order valence-corrected chi connectivity index (χ1v) is 6.58. The van der Waals surface area contributed by atoms with E-state index in [-0.39, 0.29) is 5.69 Å². The topological polar surface area (TPSA) is 51.5 Å². The van der Waals surface area contributed by atoms with Gasteiger partial charge in [0.15, 0.2) is 0 Å². The number of aromatic nitrogens is 1. The second kappa shape index (κ2) is 4.98. The van der Waals surface area contributed by atoms with Gasteiger partial charge in [-0.05, 0) is 23.8 Å². The number of rotatable bonds is 3. The highest BCUT2D eigenvalue weighted by Gasteiger charge is 2.15. The van der Waals surface area contributed by atoms with E-state index in [4.69, 9.17) is 4.74 Å². The summed E-state index contributed by atoms with van der Waals surface area (Å²) in [6.45, 7) is 0. The molecule has 3 rings (SSSR count). The van der Waals surface area contributed by atoms with E-state index < -0.39 is 5.97 Å². The maximum absolute atomic E-state index is 11.3. The van der Waals surface area contributed by atoms with Crippen molar-refractivity contribution in [3.05, 3.63) is 54.2 Å². The number of nitrogens with zero attached hydrogens (tertiary/aromatic N) is 1. The highest BCUT2D eigenvalue weighted by molar-refractivity contribution is 6.00. The van der Waals surface area contributed by atoms with Crippen LogP contribution in [0, 0.1) is 0 Å². The van der Waals surface area contributed by atoms with Gasteiger partial charge < -0.3 is 14.4 Å². The SMILES string of the molecule is COc1cccc(-c2cccc3cc(C(=O)O)n(C)c23)c1. The number of aromatic carboxylic acids is 1. The standard InChI is InChI=1S/C17H15NO3/c1-18-15(17(19)20)10-12-6-4-8-14(16(12)18)11-5-3-7-13(9-11)21-2/h3-10H,1-2H3,(H,19,20). The van der Waals surface area contributed by atoms with Gasteiger partial charge in [-0.1, -0.05) is 30.3 Å². The summed E-state index contributed by atoms with van der Waals surface area (Å²) in [5.41, 5.74) is 3.17. The fraction of sp³-hybridized carbons (Fsp3) is 0.118. The van der Waals surface area contributed by atoms with E-state index in [0.717, 1.165) is 27.8 Å². The number of hydrogen-bond acceptors (Lipinski definition) is 2. The van der Waals surface area contributed by atoms with Crippen molar-refractivity contribution >= 4 is 16.9 Å². The number of aryl methyl sites for hydroxylation is 1. The number of carboxylic acids is 1. The lowest BCUT2D eigenvalue weighted by Crippen LogP contribution is -2.04. The van der Waals surface area contributed by atoms with Gasteiger partial charge >= 0.3 is 5.97 Å². The summed E-state index contributed by atoms with van der Waals surface area (Å²) >= 11 is 0. The molecule has 21 heavy (non-hydrogen) atoms. The normalized spacial score (nSPS) is 10.8. The molecule has 1 heterocycles. The van der Waals surface area contributed by atoms with Crippen LogP contribution in [0.1, 0.15) is 10.5 Å². The minimum atomic E-state index is -0.926. The van der Waals surface area contributed by atoms with E-state index in [1.165, 1.54) is 0 Å². The molecular weight excluding hydrogens is 266 g/mol. The fourth-order valence-electron chi connectivity index (χ4n) is 2.65. The van der Waals surface area contributed by atoms with Crippen LogP contribution in [0.4, 0.5) is 0 Å². The lowest BCUT2D eigenvalue weighted by Gasteiger charge is -2.09. The molecule has 106 valence electrons. The Morgan fingerprint density at radius 1 is 1.14 bits per heavy atom. The zero-order valence-corrected chi connectivity index (χ0v) is 11.8. The first-order chi connectivity index (χ1) is 10.1. The van der Waals surface area contributed by atoms with Crippen LogP contribution < -0.4 is 4.74 Å². The van der Waals surface area contributed by atoms with Crippen LogP contribution in [0.15, 0.2) is 48.5 Å². The minimum Gasteiger partial charge on any atom is -0.497 e. The molecule has 0 fully saturated rings. The smallest absolute Gasteiger partial charge is 0.352 e. The van der Waals surface area contributed by atoms with Gasteiger partial charge in [0, 0.05) is 18.0 Å². The van der Waals surface area contributed by atoms with Crippen LogP contribution in [0.5, 0.6) is 5.75 Å². The van der Waals surface area contributed by atoms with E-state index in [1.54, 1.807) is 24.8 Å². The highest BCUT2D eigenvalue weighted by Crippen LogP contribution is 2.32. The predicted molar refractivity (Wildman–Crippen MR) is 81.9 cm³/mol. The molecule has 0 atom stereocenters. The van der Waals surface area contributed by atoms with Crippen molar-refractivity contribution in [2.45, 2.75) is 0 Å². The Hall–Kier alpha value is -2.75. The van der Waals surface area contributed by atoms with Gasteiger partial charge in [-0.15, -0.1) is 0 Å². The van der Waals surface area contributed by atoms with E-state index >= 15 is 0 Å². The lowest BCUT2D eigenvalue weighted by molar-refractivity contribution is 0.0687. The maximum Gasteiger partial charge on any atom is 0.352 e. The molecule has 1 aromatic heterocycles. The van der Waals surface area contributed by atoms with E-state index in [2.05, 4.69) is 0 Å². The average Bonchev–Trinajstić information content (AvgIpc) is 2.85. The van der Waals surface area contributed by atoms with Gasteiger partial charge in [0.05, 0.1) is 12.6 Å². The van der Waals surface area contributed by atoms with Gasteiger partial charge in [0.2, 0.25) is 0 Å². The Morgan fingerprint density at radius 3 is 2.62 bits per heavy atom. The number of fused-ring (bicyclic) bond motifs is 1. The Kier molecular flexibility index (Phi) is 3.14. The molecule has 0 spiro atoms. The number of hydrogen-bond donors (Lipinski definition) is 1. The number of benzene rings is 2. The zero-order chi connectivity index (χ0) is 15.0. The molecule has 4 heteroatoms. The third-order valence-corrected chi connectivity index (χ3v) is 3.66. The molecule has 0 aliphatic rings. The molecule has 0 saturated carbocycles. The average molecular weight is 281 g/mol. The van der Waals surface area contributed by atoms with Crippen LogP contribution >= 0.6 is 0 Å². The molecule has 1 N–H and O–H groups in total. The number of ether oxygens (including phenoxy) is 1. The van der Waals surface area contributed by atoms with Crippen LogP contribution in [0.25, 0.3) is 22.0 Å². The van der Waals surface area contributed by atoms with E-state index in [1.807, 2.05) is 42.5 Å². The molecule has 2 aromatic carbocycles. The summed E-state index contributed by atoms with van der Waals surface area (Å²) in [4.78, 5) is 11.3. The Balaban J connectivity index is 2.29. The second-order valence-corrected chi connectivity index (χ2v) is 4.87. The van der Waals surface area contributed by atoms with Crippen molar-refractivity contribution in [2.24, 2.45) is 7.05 Å². The van der Waals surface area contributed by atoms with Crippen LogP contribution in [0.2, 0.25) is 0 Å². The van der Waals surface area contributed by atoms with Crippen molar-refractivity contribution in [2.75, 3.05) is 7.11 Å². The van der Waals surface area contributed by atoms with Gasteiger partial charge in [-0.3, -0.25) is 0 Å². The Bertz CT molecular complexity index is 833. The van der Waals surface area contributed by atoms with Crippen molar-refractivity contribution in [1.82, 2.24) is 4.57 Å². The molecule has 0 aliphatic heterocycles. The minimum absolute atomic E-state index is 0.278. The molecule has 3 aromatic rings. The van der Waals surface area contributed by atoms with Gasteiger partial charge in [-0.2, -0.15) is 0 Å². The maximum atomic E-state index is 11.3. The highest BCUT2D eigenvalue weighted by atomic mass is 16.5. The first-order valence-electron chi connectivity index (χ1n) is 6.58. The summed E-state index contributed by atoms with van der Waals surface area (Å²) in [7, 11) is 3.40. The van der Waals surface area contributed by atoms with Crippen molar-refractivity contribution in [1.29, 1.82) is 0 Å². The van der Waals surface area contributed by atoms with Crippen LogP contribution in [-0.2, 0) is 7.05 Å². The Morgan fingerprint density at radius 2 is 1.90 bits per heavy atom. The van der Waals surface area contributed by atoms with Crippen molar-refractivity contribution in [3.63, 3.8) is 0 Å². The third kappa shape index (κ3) is 2.14. The fourth-order valence-corrected chi connectivity index (χ4v) is 2.65. The van der Waals surface area contributed by atoms with Crippen LogP contribution in [0.3, 0.4) is 0 Å². The zero-order valence-electron chi connectivity index (χ0n) is 11.8. The van der Waals surface area contributed by atoms with Gasteiger partial charge in [0.1, 0.15) is 11.4 Å². The number of carboxylic acid groups (broad SMARTS) is 1. The molecule has 0 saturated heterocycles. The van der Waals surface area contributed by atoms with Gasteiger partial charge in [0.25, 0.3) is 0 Å². The summed E-state index contributed by atoms with van der Waals surface area (Å²) in [6.07, 6.45) is 0. The van der Waals surface area contributed by atoms with E-state index in [9.17, 15) is 9.90 Å². The summed E-state index contributed by atoms with van der Waals surface area (Å²) in [5, 5.41) is 10.2. The molecule has 0 aliphatic carbocycles. The number of methoxy groups -OCH3 is 1. The molecule has 0 radical (unpaired) electrons. The number of para-hydroxylation sites is 1. The Labute approximate surface area is 122 Å². The predicted octanol–water partition coefficient (Wildman–Crippen LogP) is 3.55. The molecular formula is C17H15NO3. The summed E-state index contributed by atoms with van der Waals surface area (Å²) in [6, 6.07) is 15.3. The summed E-state index contributed by atoms with van der Waals surface area (Å²) in [5.74, 6) is -0.150. The van der Waals surface area contributed by atoms with Crippen LogP contribution in [-0.4, -0.2) is 22.8 Å². The molecule has 0 unspecified atom stereocenters. The largest absolute Gasteiger partial charge is 0.497 e. The van der Waals surface area contributed by atoms with Gasteiger partial charge in [-0.25, -0.2) is 4.79 Å². The third-order valence-electron chi connectivity index (χ3n) is 3.66. The molecule has 4 nitrogen and oxygen atoms in total. The monoisotopic (exact) mass is 281 g/mol. The lowest BCUT2D eigenvalue weighted by atomic mass is 10.0. The quantitative estimate of drug-likeness (QED) is 0.798. The van der Waals surface area contributed by atoms with E-state index in [0.29, 0.717) is 0 Å². The molecule has 0 bridgehead atoms. The molecule has 0 amide bonds. The number of carbonyl (C=O) groups is 1. The second-order valence-electron chi connectivity index (χ2n) is 4.87. The van der Waals surface area contributed by atoms with Crippen molar-refractivity contribution in [3.8, 4) is 16.9 Å². The summed E-state index contributed by atoms with van der Waals surface area (Å²) < 4.78 is 6.98. The van der Waals surface area contributed by atoms with Crippen molar-refractivity contribution < 1.29 is 14.6 Å².